The Morgan fingerprint density at radius 1 is 0.966 bits per heavy atom. The van der Waals surface area contributed by atoms with Crippen LogP contribution in [0.5, 0.6) is 0 Å². The molecule has 0 unspecified atom stereocenters. The summed E-state index contributed by atoms with van der Waals surface area (Å²) < 4.78 is 0. The maximum atomic E-state index is 12.7. The molecule has 0 bridgehead atoms. The second kappa shape index (κ2) is 8.88. The van der Waals surface area contributed by atoms with Gasteiger partial charge < -0.3 is 10.2 Å². The first kappa shape index (κ1) is 19.2. The van der Waals surface area contributed by atoms with Crippen molar-refractivity contribution in [2.45, 2.75) is 13.5 Å². The summed E-state index contributed by atoms with van der Waals surface area (Å²) in [7, 11) is 0. The first-order valence-electron chi connectivity index (χ1n) is 10.0. The van der Waals surface area contributed by atoms with Gasteiger partial charge in [0.05, 0.1) is 0 Å². The number of nitrogens with zero attached hydrogens (tertiary/aromatic N) is 3. The Bertz CT molecular complexity index is 965. The Hall–Kier alpha value is -3.18. The van der Waals surface area contributed by atoms with Crippen LogP contribution in [0.1, 0.15) is 21.6 Å². The van der Waals surface area contributed by atoms with Crippen molar-refractivity contribution in [3.05, 3.63) is 89.7 Å². The largest absolute Gasteiger partial charge is 0.369 e. The fourth-order valence-corrected chi connectivity index (χ4v) is 3.65. The van der Waals surface area contributed by atoms with Gasteiger partial charge in [-0.15, -0.1) is 0 Å². The molecule has 5 nitrogen and oxygen atoms in total. The summed E-state index contributed by atoms with van der Waals surface area (Å²) in [6.07, 6.45) is 1.72. The highest BCUT2D eigenvalue weighted by atomic mass is 16.1. The third-order valence-corrected chi connectivity index (χ3v) is 5.36. The monoisotopic (exact) mass is 386 g/mol. The Kier molecular flexibility index (Phi) is 5.86. The highest BCUT2D eigenvalue weighted by Gasteiger charge is 2.19. The molecule has 0 saturated carbocycles. The van der Waals surface area contributed by atoms with Gasteiger partial charge in [0.25, 0.3) is 5.91 Å². The van der Waals surface area contributed by atoms with Crippen LogP contribution in [-0.4, -0.2) is 42.0 Å². The third-order valence-electron chi connectivity index (χ3n) is 5.36. The molecule has 1 N–H and O–H groups in total. The number of hydrogen-bond acceptors (Lipinski definition) is 4. The average Bonchev–Trinajstić information content (AvgIpc) is 2.77. The van der Waals surface area contributed by atoms with Gasteiger partial charge in [-0.3, -0.25) is 14.7 Å². The molecule has 3 aromatic rings. The van der Waals surface area contributed by atoms with E-state index in [4.69, 9.17) is 0 Å². The van der Waals surface area contributed by atoms with Crippen LogP contribution in [0.4, 0.5) is 11.4 Å². The van der Waals surface area contributed by atoms with Gasteiger partial charge in [-0.1, -0.05) is 48.5 Å². The van der Waals surface area contributed by atoms with Crippen molar-refractivity contribution in [1.29, 1.82) is 0 Å². The second-order valence-electron chi connectivity index (χ2n) is 7.42. The molecule has 0 spiro atoms. The van der Waals surface area contributed by atoms with Gasteiger partial charge in [0, 0.05) is 50.3 Å². The minimum Gasteiger partial charge on any atom is -0.369 e. The number of nitrogens with one attached hydrogen (secondary N) is 1. The number of aromatic nitrogens is 1. The molecule has 1 amide bonds. The molecule has 1 fully saturated rings. The molecule has 0 aliphatic carbocycles. The normalized spacial score (nSPS) is 14.6. The molecule has 1 saturated heterocycles. The van der Waals surface area contributed by atoms with Crippen LogP contribution < -0.4 is 10.2 Å². The minimum absolute atomic E-state index is 0.177. The Balaban J connectivity index is 1.38. The lowest BCUT2D eigenvalue weighted by Gasteiger charge is -2.36. The molecule has 0 radical (unpaired) electrons. The summed E-state index contributed by atoms with van der Waals surface area (Å²) in [6, 6.07) is 22.2. The van der Waals surface area contributed by atoms with E-state index in [1.54, 1.807) is 6.20 Å². The number of rotatable bonds is 5. The Morgan fingerprint density at radius 2 is 1.69 bits per heavy atom. The second-order valence-corrected chi connectivity index (χ2v) is 7.42. The summed E-state index contributed by atoms with van der Waals surface area (Å²) in [4.78, 5) is 21.7. The van der Waals surface area contributed by atoms with Crippen LogP contribution in [0.2, 0.25) is 0 Å². The van der Waals surface area contributed by atoms with Crippen LogP contribution in [0, 0.1) is 6.92 Å². The van der Waals surface area contributed by atoms with Gasteiger partial charge in [0.1, 0.15) is 5.69 Å². The number of piperazine rings is 1. The lowest BCUT2D eigenvalue weighted by molar-refractivity contribution is 0.102. The zero-order valence-electron chi connectivity index (χ0n) is 16.7. The lowest BCUT2D eigenvalue weighted by Crippen LogP contribution is -2.46. The van der Waals surface area contributed by atoms with E-state index in [9.17, 15) is 4.79 Å². The number of hydrogen-bond donors (Lipinski definition) is 1. The maximum absolute atomic E-state index is 12.7. The number of benzene rings is 2. The smallest absolute Gasteiger partial charge is 0.274 e. The first-order chi connectivity index (χ1) is 14.2. The number of carbonyl (C=O) groups is 1. The molecule has 0 atom stereocenters. The predicted molar refractivity (Wildman–Crippen MR) is 117 cm³/mol. The van der Waals surface area contributed by atoms with E-state index in [0.29, 0.717) is 5.69 Å². The van der Waals surface area contributed by atoms with Gasteiger partial charge in [-0.2, -0.15) is 0 Å². The van der Waals surface area contributed by atoms with E-state index in [-0.39, 0.29) is 5.91 Å². The van der Waals surface area contributed by atoms with Crippen molar-refractivity contribution in [2.75, 3.05) is 36.4 Å². The number of carbonyl (C=O) groups excluding carboxylic acids is 1. The fourth-order valence-electron chi connectivity index (χ4n) is 3.65. The van der Waals surface area contributed by atoms with Gasteiger partial charge in [-0.25, -0.2) is 0 Å². The number of anilines is 2. The van der Waals surface area contributed by atoms with Crippen LogP contribution in [0.15, 0.2) is 72.9 Å². The van der Waals surface area contributed by atoms with E-state index in [0.717, 1.165) is 49.7 Å². The standard InChI is InChI=1S/C24H26N4O/c1-19-7-5-6-10-22(19)26-24(29)23-17-21(11-12-25-23)28-15-13-27(14-16-28)18-20-8-3-2-4-9-20/h2-12,17H,13-16,18H2,1H3,(H,26,29). The van der Waals surface area contributed by atoms with Gasteiger partial charge in [0.2, 0.25) is 0 Å². The molecule has 1 aromatic heterocycles. The van der Waals surface area contributed by atoms with Crippen LogP contribution in [-0.2, 0) is 6.54 Å². The number of para-hydroxylation sites is 1. The SMILES string of the molecule is Cc1ccccc1NC(=O)c1cc(N2CCN(Cc3ccccc3)CC2)ccn1. The Labute approximate surface area is 172 Å². The van der Waals surface area contributed by atoms with E-state index in [2.05, 4.69) is 50.4 Å². The molecule has 1 aliphatic heterocycles. The Morgan fingerprint density at radius 3 is 2.45 bits per heavy atom. The molecule has 29 heavy (non-hydrogen) atoms. The molecular weight excluding hydrogens is 360 g/mol. The zero-order chi connectivity index (χ0) is 20.1. The lowest BCUT2D eigenvalue weighted by atomic mass is 10.2. The van der Waals surface area contributed by atoms with Crippen molar-refractivity contribution in [2.24, 2.45) is 0 Å². The van der Waals surface area contributed by atoms with Crippen LogP contribution >= 0.6 is 0 Å². The van der Waals surface area contributed by atoms with Crippen molar-refractivity contribution in [3.8, 4) is 0 Å². The highest BCUT2D eigenvalue weighted by Crippen LogP contribution is 2.19. The molecule has 1 aliphatic rings. The van der Waals surface area contributed by atoms with Crippen molar-refractivity contribution < 1.29 is 4.79 Å². The average molecular weight is 386 g/mol. The van der Waals surface area contributed by atoms with Crippen LogP contribution in [0.3, 0.4) is 0 Å². The fraction of sp³-hybridized carbons (Fsp3) is 0.250. The molecule has 2 aromatic carbocycles. The van der Waals surface area contributed by atoms with Crippen molar-refractivity contribution in [3.63, 3.8) is 0 Å². The summed E-state index contributed by atoms with van der Waals surface area (Å²) in [6.45, 7) is 6.85. The summed E-state index contributed by atoms with van der Waals surface area (Å²) >= 11 is 0. The highest BCUT2D eigenvalue weighted by molar-refractivity contribution is 6.03. The molecule has 148 valence electrons. The quantitative estimate of drug-likeness (QED) is 0.721. The number of aryl methyl sites for hydroxylation is 1. The topological polar surface area (TPSA) is 48.5 Å². The van der Waals surface area contributed by atoms with Crippen molar-refractivity contribution in [1.82, 2.24) is 9.88 Å². The summed E-state index contributed by atoms with van der Waals surface area (Å²) in [5.74, 6) is -0.177. The third kappa shape index (κ3) is 4.81. The van der Waals surface area contributed by atoms with Crippen LogP contribution in [0.25, 0.3) is 0 Å². The molecule has 5 heteroatoms. The van der Waals surface area contributed by atoms with E-state index in [1.165, 1.54) is 5.56 Å². The number of amides is 1. The summed E-state index contributed by atoms with van der Waals surface area (Å²) in [5, 5.41) is 2.96. The van der Waals surface area contributed by atoms with E-state index in [1.807, 2.05) is 43.3 Å². The van der Waals surface area contributed by atoms with E-state index >= 15 is 0 Å². The molecular formula is C24H26N4O. The van der Waals surface area contributed by atoms with Crippen molar-refractivity contribution >= 4 is 17.3 Å². The van der Waals surface area contributed by atoms with Gasteiger partial charge in [0.15, 0.2) is 0 Å². The summed E-state index contributed by atoms with van der Waals surface area (Å²) in [5.41, 5.74) is 4.69. The zero-order valence-corrected chi connectivity index (χ0v) is 16.7. The first-order valence-corrected chi connectivity index (χ1v) is 10.0. The van der Waals surface area contributed by atoms with Gasteiger partial charge in [-0.05, 0) is 36.2 Å². The minimum atomic E-state index is -0.177. The number of pyridine rings is 1. The molecule has 4 rings (SSSR count). The maximum Gasteiger partial charge on any atom is 0.274 e. The molecule has 2 heterocycles. The van der Waals surface area contributed by atoms with Gasteiger partial charge >= 0.3 is 0 Å². The predicted octanol–water partition coefficient (Wildman–Crippen LogP) is 3.96. The van der Waals surface area contributed by atoms with E-state index < -0.39 is 0 Å².